The number of hydrogen-bond donors (Lipinski definition) is 0. The molecule has 0 N–H and O–H groups in total. The van der Waals surface area contributed by atoms with Gasteiger partial charge in [-0.2, -0.15) is 0 Å². The molecule has 6 heteroatoms. The molecule has 0 aliphatic rings. The highest BCUT2D eigenvalue weighted by Gasteiger charge is 2.22. The molecule has 0 aliphatic carbocycles. The molecule has 0 fully saturated rings. The number of hydrogen-bond acceptors (Lipinski definition) is 5. The third-order valence-corrected chi connectivity index (χ3v) is 3.32. The Bertz CT molecular complexity index is 449. The van der Waals surface area contributed by atoms with E-state index in [1.54, 1.807) is 20.3 Å². The average Bonchev–Trinajstić information content (AvgIpc) is 2.38. The van der Waals surface area contributed by atoms with Gasteiger partial charge in [0.2, 0.25) is 0 Å². The molecule has 0 radical (unpaired) electrons. The maximum absolute atomic E-state index is 6.18. The maximum Gasteiger partial charge on any atom is 0.137 e. The van der Waals surface area contributed by atoms with Crippen LogP contribution >= 0.6 is 11.6 Å². The van der Waals surface area contributed by atoms with Crippen LogP contribution in [0.3, 0.4) is 0 Å². The lowest BCUT2D eigenvalue weighted by Crippen LogP contribution is -2.39. The summed E-state index contributed by atoms with van der Waals surface area (Å²) in [5, 5.41) is 0.456. The summed E-state index contributed by atoms with van der Waals surface area (Å²) in [6.07, 6.45) is 0. The lowest BCUT2D eigenvalue weighted by atomic mass is 9.96. The maximum atomic E-state index is 6.18. The van der Waals surface area contributed by atoms with Crippen molar-refractivity contribution in [3.8, 4) is 0 Å². The zero-order chi connectivity index (χ0) is 16.0. The van der Waals surface area contributed by atoms with Crippen molar-refractivity contribution in [1.82, 2.24) is 9.97 Å². The highest BCUT2D eigenvalue weighted by molar-refractivity contribution is 6.29. The Morgan fingerprint density at radius 2 is 1.90 bits per heavy atom. The Morgan fingerprint density at radius 1 is 1.24 bits per heavy atom. The lowest BCUT2D eigenvalue weighted by molar-refractivity contribution is 0.170. The predicted molar refractivity (Wildman–Crippen MR) is 86.3 cm³/mol. The number of rotatable bonds is 7. The molecule has 1 unspecified atom stereocenters. The minimum absolute atomic E-state index is 0.156. The SMILES string of the molecule is COCCN(c1cc(Cl)nc(C(C)(C)C)n1)C(C)COC. The second kappa shape index (κ2) is 7.92. The summed E-state index contributed by atoms with van der Waals surface area (Å²) in [7, 11) is 3.38. The highest BCUT2D eigenvalue weighted by Crippen LogP contribution is 2.25. The van der Waals surface area contributed by atoms with Gasteiger partial charge in [0.25, 0.3) is 0 Å². The molecule has 1 rings (SSSR count). The molecular formula is C15H26ClN3O2. The topological polar surface area (TPSA) is 47.5 Å². The molecule has 0 saturated heterocycles. The first-order chi connectivity index (χ1) is 9.79. The minimum Gasteiger partial charge on any atom is -0.383 e. The summed E-state index contributed by atoms with van der Waals surface area (Å²) in [6.45, 7) is 10.2. The van der Waals surface area contributed by atoms with Gasteiger partial charge in [-0.05, 0) is 6.92 Å². The van der Waals surface area contributed by atoms with E-state index in [0.29, 0.717) is 18.4 Å². The molecule has 0 aromatic carbocycles. The summed E-state index contributed by atoms with van der Waals surface area (Å²) in [6, 6.07) is 1.96. The first-order valence-electron chi connectivity index (χ1n) is 7.09. The monoisotopic (exact) mass is 315 g/mol. The number of ether oxygens (including phenoxy) is 2. The van der Waals surface area contributed by atoms with Gasteiger partial charge in [0.1, 0.15) is 16.8 Å². The second-order valence-corrected chi connectivity index (χ2v) is 6.50. The Hall–Kier alpha value is -0.910. The molecule has 21 heavy (non-hydrogen) atoms. The van der Waals surface area contributed by atoms with Gasteiger partial charge in [0.15, 0.2) is 0 Å². The molecule has 0 aliphatic heterocycles. The zero-order valence-electron chi connectivity index (χ0n) is 13.8. The number of anilines is 1. The second-order valence-electron chi connectivity index (χ2n) is 6.11. The predicted octanol–water partition coefficient (Wildman–Crippen LogP) is 2.92. The molecule has 120 valence electrons. The summed E-state index contributed by atoms with van der Waals surface area (Å²) < 4.78 is 10.4. The smallest absolute Gasteiger partial charge is 0.137 e. The van der Waals surface area contributed by atoms with E-state index in [1.807, 2.05) is 0 Å². The van der Waals surface area contributed by atoms with E-state index >= 15 is 0 Å². The first kappa shape index (κ1) is 18.1. The van der Waals surface area contributed by atoms with E-state index in [4.69, 9.17) is 21.1 Å². The third kappa shape index (κ3) is 5.41. The summed E-state index contributed by atoms with van der Waals surface area (Å²) >= 11 is 6.18. The van der Waals surface area contributed by atoms with Crippen LogP contribution in [0.5, 0.6) is 0 Å². The van der Waals surface area contributed by atoms with Crippen LogP contribution in [-0.2, 0) is 14.9 Å². The molecule has 5 nitrogen and oxygen atoms in total. The molecule has 0 bridgehead atoms. The van der Waals surface area contributed by atoms with Gasteiger partial charge in [-0.15, -0.1) is 0 Å². The van der Waals surface area contributed by atoms with E-state index in [-0.39, 0.29) is 11.5 Å². The van der Waals surface area contributed by atoms with Crippen molar-refractivity contribution in [2.45, 2.75) is 39.2 Å². The van der Waals surface area contributed by atoms with Crippen molar-refractivity contribution >= 4 is 17.4 Å². The van der Waals surface area contributed by atoms with E-state index < -0.39 is 0 Å². The van der Waals surface area contributed by atoms with Crippen molar-refractivity contribution in [3.05, 3.63) is 17.0 Å². The van der Waals surface area contributed by atoms with Gasteiger partial charge in [-0.1, -0.05) is 32.4 Å². The molecule has 1 aromatic heterocycles. The summed E-state index contributed by atoms with van der Waals surface area (Å²) in [5.41, 5.74) is -0.156. The van der Waals surface area contributed by atoms with Crippen LogP contribution in [0.2, 0.25) is 5.15 Å². The van der Waals surface area contributed by atoms with Crippen molar-refractivity contribution in [2.75, 3.05) is 38.9 Å². The Labute approximate surface area is 132 Å². The quantitative estimate of drug-likeness (QED) is 0.724. The third-order valence-electron chi connectivity index (χ3n) is 3.12. The van der Waals surface area contributed by atoms with E-state index in [2.05, 4.69) is 42.6 Å². The molecule has 1 atom stereocenters. The van der Waals surface area contributed by atoms with Crippen LogP contribution in [0.4, 0.5) is 5.82 Å². The van der Waals surface area contributed by atoms with Crippen molar-refractivity contribution in [2.24, 2.45) is 0 Å². The number of methoxy groups -OCH3 is 2. The summed E-state index contributed by atoms with van der Waals surface area (Å²) in [4.78, 5) is 11.2. The van der Waals surface area contributed by atoms with Gasteiger partial charge < -0.3 is 14.4 Å². The van der Waals surface area contributed by atoms with E-state index in [0.717, 1.165) is 18.2 Å². The largest absolute Gasteiger partial charge is 0.383 e. The van der Waals surface area contributed by atoms with Gasteiger partial charge in [-0.3, -0.25) is 0 Å². The Kier molecular flexibility index (Phi) is 6.84. The molecule has 0 saturated carbocycles. The van der Waals surface area contributed by atoms with E-state index in [9.17, 15) is 0 Å². The standard InChI is InChI=1S/C15H26ClN3O2/c1-11(10-21-6)19(7-8-20-5)13-9-12(16)17-14(18-13)15(2,3)4/h9,11H,7-8,10H2,1-6H3. The normalized spacial score (nSPS) is 13.3. The van der Waals surface area contributed by atoms with Crippen molar-refractivity contribution < 1.29 is 9.47 Å². The van der Waals surface area contributed by atoms with Gasteiger partial charge >= 0.3 is 0 Å². The molecule has 1 aromatic rings. The van der Waals surface area contributed by atoms with E-state index in [1.165, 1.54) is 0 Å². The van der Waals surface area contributed by atoms with Crippen LogP contribution in [0.15, 0.2) is 6.07 Å². The Balaban J connectivity index is 3.14. The van der Waals surface area contributed by atoms with Crippen LogP contribution in [0.25, 0.3) is 0 Å². The van der Waals surface area contributed by atoms with Crippen LogP contribution < -0.4 is 4.90 Å². The zero-order valence-corrected chi connectivity index (χ0v) is 14.6. The molecule has 0 amide bonds. The number of halogens is 1. The number of aromatic nitrogens is 2. The number of nitrogens with zero attached hydrogens (tertiary/aromatic N) is 3. The van der Waals surface area contributed by atoms with Crippen LogP contribution in [0, 0.1) is 0 Å². The lowest BCUT2D eigenvalue weighted by Gasteiger charge is -2.30. The Morgan fingerprint density at radius 3 is 2.43 bits per heavy atom. The van der Waals surface area contributed by atoms with Gasteiger partial charge in [-0.25, -0.2) is 9.97 Å². The van der Waals surface area contributed by atoms with Crippen molar-refractivity contribution in [1.29, 1.82) is 0 Å². The highest BCUT2D eigenvalue weighted by atomic mass is 35.5. The minimum atomic E-state index is -0.156. The molecule has 1 heterocycles. The fraction of sp³-hybridized carbons (Fsp3) is 0.733. The summed E-state index contributed by atoms with van der Waals surface area (Å²) in [5.74, 6) is 1.54. The first-order valence-corrected chi connectivity index (χ1v) is 7.47. The van der Waals surface area contributed by atoms with Gasteiger partial charge in [0, 0.05) is 32.2 Å². The fourth-order valence-electron chi connectivity index (χ4n) is 1.97. The van der Waals surface area contributed by atoms with Gasteiger partial charge in [0.05, 0.1) is 19.3 Å². The average molecular weight is 316 g/mol. The molecular weight excluding hydrogens is 290 g/mol. The van der Waals surface area contributed by atoms with Crippen LogP contribution in [0.1, 0.15) is 33.5 Å². The molecule has 0 spiro atoms. The van der Waals surface area contributed by atoms with Crippen LogP contribution in [-0.4, -0.2) is 50.0 Å². The van der Waals surface area contributed by atoms with Crippen molar-refractivity contribution in [3.63, 3.8) is 0 Å². The fourth-order valence-corrected chi connectivity index (χ4v) is 2.15.